The highest BCUT2D eigenvalue weighted by atomic mass is 16.6. The van der Waals surface area contributed by atoms with E-state index in [1.54, 1.807) is 0 Å². The van der Waals surface area contributed by atoms with Crippen LogP contribution in [0.25, 0.3) is 0 Å². The minimum Gasteiger partial charge on any atom is -0.481 e. The monoisotopic (exact) mass is 253 g/mol. The molecule has 2 N–H and O–H groups in total. The van der Waals surface area contributed by atoms with Crippen molar-refractivity contribution in [3.05, 3.63) is 27.9 Å². The van der Waals surface area contributed by atoms with Crippen LogP contribution in [-0.4, -0.2) is 23.1 Å². The Balaban J connectivity index is 2.93. The van der Waals surface area contributed by atoms with E-state index >= 15 is 0 Å². The van der Waals surface area contributed by atoms with Crippen LogP contribution in [-0.2, 0) is 6.42 Å². The topological polar surface area (TPSA) is 91.3 Å². The molecule has 1 aromatic heterocycles. The lowest BCUT2D eigenvalue weighted by Crippen LogP contribution is -2.25. The first-order chi connectivity index (χ1) is 8.43. The normalized spacial score (nSPS) is 12.5. The summed E-state index contributed by atoms with van der Waals surface area (Å²) in [6.07, 6.45) is 1.18. The number of methoxy groups -OCH3 is 1. The van der Waals surface area contributed by atoms with E-state index in [9.17, 15) is 10.1 Å². The summed E-state index contributed by atoms with van der Waals surface area (Å²) < 4.78 is 4.98. The highest BCUT2D eigenvalue weighted by Gasteiger charge is 2.19. The van der Waals surface area contributed by atoms with Gasteiger partial charge in [0.2, 0.25) is 5.88 Å². The van der Waals surface area contributed by atoms with E-state index in [0.29, 0.717) is 23.9 Å². The van der Waals surface area contributed by atoms with Crippen molar-refractivity contribution in [1.82, 2.24) is 4.98 Å². The molecular formula is C12H19N3O3. The van der Waals surface area contributed by atoms with Gasteiger partial charge >= 0.3 is 0 Å². The van der Waals surface area contributed by atoms with E-state index in [4.69, 9.17) is 10.5 Å². The van der Waals surface area contributed by atoms with Crippen molar-refractivity contribution >= 4 is 5.69 Å². The molecule has 0 saturated carbocycles. The lowest BCUT2D eigenvalue weighted by molar-refractivity contribution is -0.386. The van der Waals surface area contributed by atoms with Crippen LogP contribution in [0.2, 0.25) is 0 Å². The van der Waals surface area contributed by atoms with Gasteiger partial charge in [0.05, 0.1) is 12.0 Å². The fourth-order valence-corrected chi connectivity index (χ4v) is 1.84. The van der Waals surface area contributed by atoms with Gasteiger partial charge in [0.1, 0.15) is 5.69 Å². The number of pyridine rings is 1. The first-order valence-electron chi connectivity index (χ1n) is 5.88. The summed E-state index contributed by atoms with van der Waals surface area (Å²) in [5.74, 6) is 0.817. The third kappa shape index (κ3) is 3.96. The van der Waals surface area contributed by atoms with Gasteiger partial charge in [0, 0.05) is 24.6 Å². The Morgan fingerprint density at radius 2 is 2.17 bits per heavy atom. The summed E-state index contributed by atoms with van der Waals surface area (Å²) in [7, 11) is 1.48. The van der Waals surface area contributed by atoms with E-state index in [0.717, 1.165) is 6.42 Å². The molecule has 1 aromatic rings. The molecule has 1 heterocycles. The molecule has 1 atom stereocenters. The third-order valence-electron chi connectivity index (χ3n) is 2.56. The molecule has 1 rings (SSSR count). The predicted octanol–water partition coefficient (Wildman–Crippen LogP) is 1.91. The highest BCUT2D eigenvalue weighted by Crippen LogP contribution is 2.22. The lowest BCUT2D eigenvalue weighted by atomic mass is 10.00. The van der Waals surface area contributed by atoms with Gasteiger partial charge in [0.15, 0.2) is 0 Å². The molecular weight excluding hydrogens is 234 g/mol. The Morgan fingerprint density at radius 1 is 1.50 bits per heavy atom. The highest BCUT2D eigenvalue weighted by molar-refractivity contribution is 5.38. The van der Waals surface area contributed by atoms with Crippen LogP contribution in [0.15, 0.2) is 12.1 Å². The van der Waals surface area contributed by atoms with Gasteiger partial charge in [-0.1, -0.05) is 13.8 Å². The summed E-state index contributed by atoms with van der Waals surface area (Å²) in [5.41, 5.74) is 6.34. The molecule has 0 spiro atoms. The Hall–Kier alpha value is -1.69. The van der Waals surface area contributed by atoms with Gasteiger partial charge in [-0.05, 0) is 12.3 Å². The van der Waals surface area contributed by atoms with Crippen LogP contribution in [0.4, 0.5) is 5.69 Å². The number of nitrogens with two attached hydrogens (primary N) is 1. The van der Waals surface area contributed by atoms with Crippen molar-refractivity contribution < 1.29 is 9.66 Å². The zero-order valence-electron chi connectivity index (χ0n) is 10.9. The third-order valence-corrected chi connectivity index (χ3v) is 2.56. The van der Waals surface area contributed by atoms with Gasteiger partial charge in [-0.25, -0.2) is 4.98 Å². The van der Waals surface area contributed by atoms with Crippen LogP contribution in [0.1, 0.15) is 26.0 Å². The van der Waals surface area contributed by atoms with Gasteiger partial charge in [-0.15, -0.1) is 0 Å². The van der Waals surface area contributed by atoms with Crippen molar-refractivity contribution in [2.24, 2.45) is 11.7 Å². The Kier molecular flexibility index (Phi) is 5.03. The lowest BCUT2D eigenvalue weighted by Gasteiger charge is -2.13. The fraction of sp³-hybridized carbons (Fsp3) is 0.583. The van der Waals surface area contributed by atoms with Gasteiger partial charge in [0.25, 0.3) is 5.69 Å². The second-order valence-corrected chi connectivity index (χ2v) is 4.67. The van der Waals surface area contributed by atoms with Crippen LogP contribution < -0.4 is 10.5 Å². The minimum absolute atomic E-state index is 0.00462. The number of rotatable bonds is 6. The summed E-state index contributed by atoms with van der Waals surface area (Å²) >= 11 is 0. The number of ether oxygens (including phenoxy) is 1. The van der Waals surface area contributed by atoms with Crippen molar-refractivity contribution in [1.29, 1.82) is 0 Å². The molecule has 1 unspecified atom stereocenters. The summed E-state index contributed by atoms with van der Waals surface area (Å²) in [5, 5.41) is 10.9. The molecule has 0 bridgehead atoms. The van der Waals surface area contributed by atoms with Crippen LogP contribution in [0.5, 0.6) is 5.88 Å². The molecule has 0 radical (unpaired) electrons. The first kappa shape index (κ1) is 14.4. The zero-order valence-corrected chi connectivity index (χ0v) is 10.9. The summed E-state index contributed by atoms with van der Waals surface area (Å²) in [4.78, 5) is 14.6. The number of nitro groups is 1. The average Bonchev–Trinajstić information content (AvgIpc) is 2.27. The van der Waals surface area contributed by atoms with E-state index in [1.807, 2.05) is 0 Å². The maximum Gasteiger partial charge on any atom is 0.291 e. The first-order valence-corrected chi connectivity index (χ1v) is 5.88. The minimum atomic E-state index is -0.441. The Bertz CT molecular complexity index is 421. The zero-order chi connectivity index (χ0) is 13.7. The molecule has 6 heteroatoms. The Morgan fingerprint density at radius 3 is 2.67 bits per heavy atom. The fourth-order valence-electron chi connectivity index (χ4n) is 1.84. The molecule has 0 aliphatic heterocycles. The van der Waals surface area contributed by atoms with Crippen molar-refractivity contribution in [2.75, 3.05) is 7.11 Å². The number of hydrogen-bond donors (Lipinski definition) is 1. The van der Waals surface area contributed by atoms with E-state index < -0.39 is 4.92 Å². The van der Waals surface area contributed by atoms with Crippen LogP contribution in [0, 0.1) is 16.0 Å². The molecule has 100 valence electrons. The summed E-state index contributed by atoms with van der Waals surface area (Å²) in [6.45, 7) is 4.13. The maximum absolute atomic E-state index is 10.9. The molecule has 0 aliphatic rings. The summed E-state index contributed by atoms with van der Waals surface area (Å²) in [6, 6.07) is 2.75. The SMILES string of the molecule is COc1ccc([N+](=O)[O-])c(CC(N)CC(C)C)n1. The van der Waals surface area contributed by atoms with Crippen LogP contribution in [0.3, 0.4) is 0 Å². The quantitative estimate of drug-likeness (QED) is 0.617. The standard InChI is InChI=1S/C12H19N3O3/c1-8(2)6-9(13)7-10-11(15(16)17)4-5-12(14-10)18-3/h4-5,8-9H,6-7,13H2,1-3H3. The van der Waals surface area contributed by atoms with Gasteiger partial charge in [-0.2, -0.15) is 0 Å². The molecule has 6 nitrogen and oxygen atoms in total. The number of nitrogens with zero attached hydrogens (tertiary/aromatic N) is 2. The molecule has 0 aromatic carbocycles. The molecule has 0 amide bonds. The van der Waals surface area contributed by atoms with Crippen molar-refractivity contribution in [3.8, 4) is 5.88 Å². The Labute approximate surface area is 106 Å². The van der Waals surface area contributed by atoms with Crippen molar-refractivity contribution in [3.63, 3.8) is 0 Å². The number of hydrogen-bond acceptors (Lipinski definition) is 5. The molecule has 18 heavy (non-hydrogen) atoms. The average molecular weight is 253 g/mol. The van der Waals surface area contributed by atoms with E-state index in [1.165, 1.54) is 19.2 Å². The van der Waals surface area contributed by atoms with Crippen molar-refractivity contribution in [2.45, 2.75) is 32.7 Å². The van der Waals surface area contributed by atoms with Gasteiger partial charge < -0.3 is 10.5 Å². The second kappa shape index (κ2) is 6.30. The van der Waals surface area contributed by atoms with E-state index in [-0.39, 0.29) is 11.7 Å². The predicted molar refractivity (Wildman–Crippen MR) is 68.6 cm³/mol. The second-order valence-electron chi connectivity index (χ2n) is 4.67. The maximum atomic E-state index is 10.9. The molecule has 0 fully saturated rings. The largest absolute Gasteiger partial charge is 0.481 e. The van der Waals surface area contributed by atoms with Gasteiger partial charge in [-0.3, -0.25) is 10.1 Å². The molecule has 0 aliphatic carbocycles. The van der Waals surface area contributed by atoms with Crippen LogP contribution >= 0.6 is 0 Å². The smallest absolute Gasteiger partial charge is 0.291 e. The number of aromatic nitrogens is 1. The molecule has 0 saturated heterocycles. The van der Waals surface area contributed by atoms with E-state index in [2.05, 4.69) is 18.8 Å².